The molecule has 2 heterocycles. The van der Waals surface area contributed by atoms with Crippen LogP contribution in [0.15, 0.2) is 41.1 Å². The molecule has 0 aliphatic carbocycles. The largest absolute Gasteiger partial charge is 0.466 e. The van der Waals surface area contributed by atoms with Crippen LogP contribution in [0.25, 0.3) is 0 Å². The van der Waals surface area contributed by atoms with Gasteiger partial charge in [0.2, 0.25) is 0 Å². The van der Waals surface area contributed by atoms with Gasteiger partial charge in [-0.1, -0.05) is 0 Å². The lowest BCUT2D eigenvalue weighted by Gasteiger charge is -2.34. The number of carbonyl (C=O) groups excluding carboxylic acids is 2. The highest BCUT2D eigenvalue weighted by Gasteiger charge is 2.64. The first-order valence-electron chi connectivity index (χ1n) is 6.91. The maximum atomic E-state index is 13.8. The topological polar surface area (TPSA) is 93.5 Å². The summed E-state index contributed by atoms with van der Waals surface area (Å²) in [7, 11) is 0.771. The van der Waals surface area contributed by atoms with E-state index in [4.69, 9.17) is 4.42 Å². The Balaban J connectivity index is 2.48. The molecule has 2 aromatic rings. The fraction of sp³-hybridized carbons (Fsp3) is 0.267. The SMILES string of the molecule is COC(=O)[C@](NC(=O)c1ccco1)(Nc1cc(C)ccn1)C(F)(F)F. The van der Waals surface area contributed by atoms with Gasteiger partial charge in [-0.05, 0) is 36.8 Å². The van der Waals surface area contributed by atoms with E-state index in [2.05, 4.69) is 9.72 Å². The van der Waals surface area contributed by atoms with Crippen LogP contribution in [0, 0.1) is 6.92 Å². The number of furan rings is 1. The number of ether oxygens (including phenoxy) is 1. The molecule has 0 aliphatic heterocycles. The van der Waals surface area contributed by atoms with E-state index >= 15 is 0 Å². The Morgan fingerprint density at radius 3 is 2.52 bits per heavy atom. The van der Waals surface area contributed by atoms with Gasteiger partial charge in [-0.25, -0.2) is 9.78 Å². The van der Waals surface area contributed by atoms with E-state index in [-0.39, 0.29) is 5.82 Å². The minimum atomic E-state index is -5.24. The van der Waals surface area contributed by atoms with Gasteiger partial charge >= 0.3 is 17.8 Å². The second kappa shape index (κ2) is 6.83. The molecule has 0 fully saturated rings. The van der Waals surface area contributed by atoms with Crippen molar-refractivity contribution in [2.24, 2.45) is 0 Å². The van der Waals surface area contributed by atoms with Crippen LogP contribution in [0.3, 0.4) is 0 Å². The number of hydrogen-bond donors (Lipinski definition) is 2. The standard InChI is InChI=1S/C15H14F3N3O4/c1-9-5-6-19-11(8-9)20-14(13(23)24-2,15(16,17)18)21-12(22)10-4-3-7-25-10/h3-8H,1-2H3,(H,19,20)(H,21,22)/t14-/m1/s1. The van der Waals surface area contributed by atoms with Crippen molar-refractivity contribution >= 4 is 17.7 Å². The fourth-order valence-electron chi connectivity index (χ4n) is 1.98. The quantitative estimate of drug-likeness (QED) is 0.630. The van der Waals surface area contributed by atoms with Gasteiger partial charge in [0.05, 0.1) is 13.4 Å². The van der Waals surface area contributed by atoms with Gasteiger partial charge in [0.15, 0.2) is 5.76 Å². The van der Waals surface area contributed by atoms with Gasteiger partial charge in [-0.3, -0.25) is 4.79 Å². The molecule has 0 aliphatic rings. The Morgan fingerprint density at radius 1 is 1.28 bits per heavy atom. The number of hydrogen-bond acceptors (Lipinski definition) is 6. The molecule has 134 valence electrons. The van der Waals surface area contributed by atoms with Crippen LogP contribution in [0.2, 0.25) is 0 Å². The molecule has 0 unspecified atom stereocenters. The van der Waals surface area contributed by atoms with E-state index in [1.165, 1.54) is 18.3 Å². The molecule has 2 N–H and O–H groups in total. The molecular weight excluding hydrogens is 343 g/mol. The summed E-state index contributed by atoms with van der Waals surface area (Å²) in [5.74, 6) is -3.70. The van der Waals surface area contributed by atoms with E-state index in [0.29, 0.717) is 5.56 Å². The number of nitrogens with zero attached hydrogens (tertiary/aromatic N) is 1. The van der Waals surface area contributed by atoms with Crippen LogP contribution in [0.4, 0.5) is 19.0 Å². The lowest BCUT2D eigenvalue weighted by atomic mass is 10.1. The predicted octanol–water partition coefficient (Wildman–Crippen LogP) is 2.26. The van der Waals surface area contributed by atoms with Gasteiger partial charge in [-0.2, -0.15) is 13.2 Å². The molecule has 1 amide bonds. The maximum absolute atomic E-state index is 13.8. The summed E-state index contributed by atoms with van der Waals surface area (Å²) in [5.41, 5.74) is -2.96. The number of pyridine rings is 1. The smallest absolute Gasteiger partial charge is 0.441 e. The third-order valence-corrected chi connectivity index (χ3v) is 3.19. The zero-order valence-electron chi connectivity index (χ0n) is 13.2. The Morgan fingerprint density at radius 2 is 2.00 bits per heavy atom. The van der Waals surface area contributed by atoms with Crippen LogP contribution < -0.4 is 10.6 Å². The van der Waals surface area contributed by atoms with Crippen LogP contribution in [0.5, 0.6) is 0 Å². The predicted molar refractivity (Wildman–Crippen MR) is 79.6 cm³/mol. The third kappa shape index (κ3) is 3.73. The Bertz CT molecular complexity index is 762. The molecule has 1 atom stereocenters. The van der Waals surface area contributed by atoms with Gasteiger partial charge in [-0.15, -0.1) is 0 Å². The molecule has 2 rings (SSSR count). The first-order chi connectivity index (χ1) is 11.7. The van der Waals surface area contributed by atoms with Crippen molar-refractivity contribution < 1.29 is 31.9 Å². The molecule has 2 aromatic heterocycles. The Kier molecular flexibility index (Phi) is 5.00. The van der Waals surface area contributed by atoms with Crippen molar-refractivity contribution in [1.82, 2.24) is 10.3 Å². The van der Waals surface area contributed by atoms with E-state index in [1.54, 1.807) is 18.3 Å². The summed E-state index contributed by atoms with van der Waals surface area (Å²) >= 11 is 0. The number of aromatic nitrogens is 1. The highest BCUT2D eigenvalue weighted by atomic mass is 19.4. The molecule has 0 saturated heterocycles. The normalized spacial score (nSPS) is 13.6. The molecule has 10 heteroatoms. The van der Waals surface area contributed by atoms with Crippen LogP contribution in [-0.2, 0) is 9.53 Å². The van der Waals surface area contributed by atoms with Crippen molar-refractivity contribution in [3.8, 4) is 0 Å². The molecule has 7 nitrogen and oxygen atoms in total. The number of methoxy groups -OCH3 is 1. The first kappa shape index (κ1) is 18.3. The highest BCUT2D eigenvalue weighted by molar-refractivity contribution is 5.97. The second-order valence-electron chi connectivity index (χ2n) is 5.01. The van der Waals surface area contributed by atoms with E-state index in [0.717, 1.165) is 19.4 Å². The maximum Gasteiger partial charge on any atom is 0.441 e. The van der Waals surface area contributed by atoms with Gasteiger partial charge in [0.1, 0.15) is 5.82 Å². The summed E-state index contributed by atoms with van der Waals surface area (Å²) in [6.07, 6.45) is -2.88. The second-order valence-corrected chi connectivity index (χ2v) is 5.01. The lowest BCUT2D eigenvalue weighted by molar-refractivity contribution is -0.203. The molecule has 25 heavy (non-hydrogen) atoms. The highest BCUT2D eigenvalue weighted by Crippen LogP contribution is 2.33. The molecule has 0 radical (unpaired) electrons. The number of amides is 1. The molecule has 0 bridgehead atoms. The van der Waals surface area contributed by atoms with Crippen molar-refractivity contribution in [1.29, 1.82) is 0 Å². The summed E-state index contributed by atoms with van der Waals surface area (Å²) in [6, 6.07) is 5.30. The molecular formula is C15H14F3N3O4. The van der Waals surface area contributed by atoms with Gasteiger partial charge in [0.25, 0.3) is 5.91 Å². The molecule has 0 aromatic carbocycles. The van der Waals surface area contributed by atoms with Crippen LogP contribution >= 0.6 is 0 Å². The summed E-state index contributed by atoms with van der Waals surface area (Å²) in [4.78, 5) is 27.8. The number of rotatable bonds is 5. The summed E-state index contributed by atoms with van der Waals surface area (Å²) < 4.78 is 50.3. The zero-order valence-corrected chi connectivity index (χ0v) is 13.2. The lowest BCUT2D eigenvalue weighted by Crippen LogP contribution is -2.69. The van der Waals surface area contributed by atoms with Crippen LogP contribution in [-0.4, -0.2) is 35.8 Å². The van der Waals surface area contributed by atoms with Crippen LogP contribution in [0.1, 0.15) is 16.1 Å². The van der Waals surface area contributed by atoms with E-state index < -0.39 is 29.5 Å². The Hall–Kier alpha value is -3.04. The van der Waals surface area contributed by atoms with Crippen molar-refractivity contribution in [2.45, 2.75) is 18.8 Å². The number of halogens is 3. The third-order valence-electron chi connectivity index (χ3n) is 3.19. The molecule has 0 spiro atoms. The minimum Gasteiger partial charge on any atom is -0.466 e. The molecule has 0 saturated carbocycles. The number of aryl methyl sites for hydroxylation is 1. The monoisotopic (exact) mass is 357 g/mol. The van der Waals surface area contributed by atoms with E-state index in [9.17, 15) is 22.8 Å². The summed E-state index contributed by atoms with van der Waals surface area (Å²) in [6.45, 7) is 1.63. The zero-order chi connectivity index (χ0) is 18.7. The van der Waals surface area contributed by atoms with Crippen molar-refractivity contribution in [2.75, 3.05) is 12.4 Å². The number of nitrogens with one attached hydrogen (secondary N) is 2. The van der Waals surface area contributed by atoms with Gasteiger partial charge < -0.3 is 19.8 Å². The van der Waals surface area contributed by atoms with Gasteiger partial charge in [0, 0.05) is 6.20 Å². The average Bonchev–Trinajstić information content (AvgIpc) is 3.06. The van der Waals surface area contributed by atoms with E-state index in [1.807, 2.05) is 5.32 Å². The van der Waals surface area contributed by atoms with Crippen molar-refractivity contribution in [3.63, 3.8) is 0 Å². The average molecular weight is 357 g/mol. The van der Waals surface area contributed by atoms with Crippen molar-refractivity contribution in [3.05, 3.63) is 48.0 Å². The fourth-order valence-corrected chi connectivity index (χ4v) is 1.98. The first-order valence-corrected chi connectivity index (χ1v) is 6.91. The number of anilines is 1. The minimum absolute atomic E-state index is 0.275. The number of esters is 1. The summed E-state index contributed by atoms with van der Waals surface area (Å²) in [5, 5.41) is 3.54. The number of alkyl halides is 3. The number of carbonyl (C=O) groups is 2. The Labute approximate surface area is 140 Å².